The summed E-state index contributed by atoms with van der Waals surface area (Å²) in [5, 5.41) is 2.69. The van der Waals surface area contributed by atoms with Gasteiger partial charge in [0.1, 0.15) is 0 Å². The highest BCUT2D eigenvalue weighted by molar-refractivity contribution is 7.89. The van der Waals surface area contributed by atoms with E-state index in [1.165, 1.54) is 0 Å². The Balaban J connectivity index is 2.71. The third kappa shape index (κ3) is 7.00. The van der Waals surface area contributed by atoms with Gasteiger partial charge in [0.05, 0.1) is 11.5 Å². The van der Waals surface area contributed by atoms with Crippen LogP contribution in [0, 0.1) is 12.8 Å². The molecule has 1 amide bonds. The molecule has 0 unspecified atom stereocenters. The second-order valence-corrected chi connectivity index (χ2v) is 7.62. The molecule has 23 heavy (non-hydrogen) atoms. The molecular weight excluding hydrogens is 316 g/mol. The monoisotopic (exact) mass is 342 g/mol. The van der Waals surface area contributed by atoms with Crippen LogP contribution in [-0.2, 0) is 14.8 Å². The predicted octanol–water partition coefficient (Wildman–Crippen LogP) is 2.43. The van der Waals surface area contributed by atoms with Crippen molar-refractivity contribution in [3.8, 4) is 0 Å². The first-order valence-electron chi connectivity index (χ1n) is 7.74. The van der Waals surface area contributed by atoms with Crippen LogP contribution in [-0.4, -0.2) is 33.7 Å². The zero-order chi connectivity index (χ0) is 17.5. The zero-order valence-corrected chi connectivity index (χ0v) is 14.9. The van der Waals surface area contributed by atoms with Gasteiger partial charge in [-0.1, -0.05) is 31.5 Å². The predicted molar refractivity (Wildman–Crippen MR) is 89.8 cm³/mol. The fourth-order valence-electron chi connectivity index (χ4n) is 2.11. The first kappa shape index (κ1) is 19.4. The molecule has 1 aromatic rings. The van der Waals surface area contributed by atoms with Crippen molar-refractivity contribution in [3.63, 3.8) is 0 Å². The first-order valence-corrected chi connectivity index (χ1v) is 9.22. The number of nitrogens with one attached hydrogen (secondary N) is 2. The molecule has 1 atom stereocenters. The van der Waals surface area contributed by atoms with Crippen molar-refractivity contribution >= 4 is 16.1 Å². The Morgan fingerprint density at radius 3 is 2.35 bits per heavy atom. The fraction of sp³-hybridized carbons (Fsp3) is 0.562. The summed E-state index contributed by atoms with van der Waals surface area (Å²) < 4.78 is 32.0. The highest BCUT2D eigenvalue weighted by Gasteiger charge is 2.19. The number of benzene rings is 1. The summed E-state index contributed by atoms with van der Waals surface area (Å²) >= 11 is 0. The van der Waals surface area contributed by atoms with Gasteiger partial charge in [0, 0.05) is 12.6 Å². The molecule has 0 heterocycles. The van der Waals surface area contributed by atoms with E-state index in [1.54, 1.807) is 31.2 Å². The van der Waals surface area contributed by atoms with E-state index in [1.807, 2.05) is 20.8 Å². The van der Waals surface area contributed by atoms with E-state index in [9.17, 15) is 13.2 Å². The Bertz CT molecular complexity index is 597. The van der Waals surface area contributed by atoms with Crippen LogP contribution in [0.4, 0.5) is 4.79 Å². The van der Waals surface area contributed by atoms with Gasteiger partial charge in [0.25, 0.3) is 0 Å². The average molecular weight is 342 g/mol. The molecule has 1 aromatic carbocycles. The van der Waals surface area contributed by atoms with Crippen LogP contribution in [0.3, 0.4) is 0 Å². The number of ether oxygens (including phenoxy) is 1. The SMILES string of the molecule is CCOC(=O)N[C@H](CNS(=O)(=O)c1ccc(C)cc1)CC(C)C. The van der Waals surface area contributed by atoms with Gasteiger partial charge < -0.3 is 10.1 Å². The number of carbonyl (C=O) groups excluding carboxylic acids is 1. The lowest BCUT2D eigenvalue weighted by Gasteiger charge is -2.20. The number of sulfonamides is 1. The van der Waals surface area contributed by atoms with Crippen molar-refractivity contribution in [2.24, 2.45) is 5.92 Å². The van der Waals surface area contributed by atoms with Crippen molar-refractivity contribution in [1.29, 1.82) is 0 Å². The summed E-state index contributed by atoms with van der Waals surface area (Å²) in [6.45, 7) is 8.02. The van der Waals surface area contributed by atoms with Crippen molar-refractivity contribution in [3.05, 3.63) is 29.8 Å². The lowest BCUT2D eigenvalue weighted by atomic mass is 10.0. The van der Waals surface area contributed by atoms with Crippen molar-refractivity contribution in [2.45, 2.75) is 45.1 Å². The minimum absolute atomic E-state index is 0.118. The summed E-state index contributed by atoms with van der Waals surface area (Å²) in [5.74, 6) is 0.311. The summed E-state index contributed by atoms with van der Waals surface area (Å²) in [7, 11) is -3.60. The maximum atomic E-state index is 12.3. The number of hydrogen-bond donors (Lipinski definition) is 2. The van der Waals surface area contributed by atoms with Gasteiger partial charge in [-0.05, 0) is 38.3 Å². The van der Waals surface area contributed by atoms with E-state index in [0.717, 1.165) is 5.56 Å². The van der Waals surface area contributed by atoms with Gasteiger partial charge in [0.15, 0.2) is 0 Å². The minimum atomic E-state index is -3.60. The smallest absolute Gasteiger partial charge is 0.407 e. The van der Waals surface area contributed by atoms with E-state index in [0.29, 0.717) is 12.3 Å². The van der Waals surface area contributed by atoms with Crippen LogP contribution in [0.2, 0.25) is 0 Å². The molecule has 0 aliphatic carbocycles. The molecule has 0 aromatic heterocycles. The number of aryl methyl sites for hydroxylation is 1. The third-order valence-electron chi connectivity index (χ3n) is 3.20. The molecule has 0 aliphatic rings. The Morgan fingerprint density at radius 1 is 1.22 bits per heavy atom. The van der Waals surface area contributed by atoms with Crippen LogP contribution in [0.1, 0.15) is 32.8 Å². The third-order valence-corrected chi connectivity index (χ3v) is 4.64. The molecule has 2 N–H and O–H groups in total. The lowest BCUT2D eigenvalue weighted by molar-refractivity contribution is 0.146. The summed E-state index contributed by atoms with van der Waals surface area (Å²) in [4.78, 5) is 11.8. The molecule has 0 saturated heterocycles. The summed E-state index contributed by atoms with van der Waals surface area (Å²) in [5.41, 5.74) is 0.991. The Labute approximate surface area is 138 Å². The van der Waals surface area contributed by atoms with Crippen LogP contribution in [0.15, 0.2) is 29.2 Å². The molecule has 6 nitrogen and oxygen atoms in total. The Morgan fingerprint density at radius 2 is 1.83 bits per heavy atom. The van der Waals surface area contributed by atoms with E-state index >= 15 is 0 Å². The minimum Gasteiger partial charge on any atom is -0.450 e. The normalized spacial score (nSPS) is 12.9. The molecule has 1 rings (SSSR count). The van der Waals surface area contributed by atoms with Gasteiger partial charge >= 0.3 is 6.09 Å². The Hall–Kier alpha value is -1.60. The Kier molecular flexibility index (Phi) is 7.51. The van der Waals surface area contributed by atoms with Gasteiger partial charge in [-0.15, -0.1) is 0 Å². The lowest BCUT2D eigenvalue weighted by Crippen LogP contribution is -2.44. The topological polar surface area (TPSA) is 84.5 Å². The second kappa shape index (κ2) is 8.88. The molecular formula is C16H26N2O4S. The average Bonchev–Trinajstić information content (AvgIpc) is 2.45. The molecule has 0 aliphatic heterocycles. The van der Waals surface area contributed by atoms with Crippen molar-refractivity contribution in [2.75, 3.05) is 13.2 Å². The molecule has 0 bridgehead atoms. The number of alkyl carbamates (subject to hydrolysis) is 1. The largest absolute Gasteiger partial charge is 0.450 e. The number of rotatable bonds is 8. The van der Waals surface area contributed by atoms with Crippen LogP contribution in [0.5, 0.6) is 0 Å². The standard InChI is InChI=1S/C16H26N2O4S/c1-5-22-16(19)18-14(10-12(2)3)11-17-23(20,21)15-8-6-13(4)7-9-15/h6-9,12,14,17H,5,10-11H2,1-4H3,(H,18,19)/t14-/m0/s1. The highest BCUT2D eigenvalue weighted by Crippen LogP contribution is 2.11. The van der Waals surface area contributed by atoms with Gasteiger partial charge in [-0.2, -0.15) is 0 Å². The molecule has 130 valence electrons. The molecule has 0 spiro atoms. The van der Waals surface area contributed by atoms with E-state index in [-0.39, 0.29) is 24.1 Å². The van der Waals surface area contributed by atoms with E-state index in [4.69, 9.17) is 4.74 Å². The van der Waals surface area contributed by atoms with Crippen molar-refractivity contribution in [1.82, 2.24) is 10.0 Å². The number of amides is 1. The van der Waals surface area contributed by atoms with Gasteiger partial charge in [0.2, 0.25) is 10.0 Å². The fourth-order valence-corrected chi connectivity index (χ4v) is 3.19. The number of carbonyl (C=O) groups is 1. The van der Waals surface area contributed by atoms with E-state index < -0.39 is 16.1 Å². The molecule has 0 radical (unpaired) electrons. The molecule has 0 saturated carbocycles. The quantitative estimate of drug-likeness (QED) is 0.760. The highest BCUT2D eigenvalue weighted by atomic mass is 32.2. The second-order valence-electron chi connectivity index (χ2n) is 5.86. The van der Waals surface area contributed by atoms with E-state index in [2.05, 4.69) is 10.0 Å². The maximum absolute atomic E-state index is 12.3. The zero-order valence-electron chi connectivity index (χ0n) is 14.1. The summed E-state index contributed by atoms with van der Waals surface area (Å²) in [6.07, 6.45) is 0.113. The molecule has 0 fully saturated rings. The molecule has 7 heteroatoms. The van der Waals surface area contributed by atoms with Crippen LogP contribution < -0.4 is 10.0 Å². The number of hydrogen-bond acceptors (Lipinski definition) is 4. The maximum Gasteiger partial charge on any atom is 0.407 e. The van der Waals surface area contributed by atoms with Crippen LogP contribution >= 0.6 is 0 Å². The van der Waals surface area contributed by atoms with Crippen LogP contribution in [0.25, 0.3) is 0 Å². The van der Waals surface area contributed by atoms with Gasteiger partial charge in [-0.3, -0.25) is 0 Å². The summed E-state index contributed by atoms with van der Waals surface area (Å²) in [6, 6.07) is 6.30. The van der Waals surface area contributed by atoms with Gasteiger partial charge in [-0.25, -0.2) is 17.9 Å². The first-order chi connectivity index (χ1) is 10.7. The van der Waals surface area contributed by atoms with Crippen molar-refractivity contribution < 1.29 is 17.9 Å².